The predicted octanol–water partition coefficient (Wildman–Crippen LogP) is 3.19. The van der Waals surface area contributed by atoms with E-state index in [4.69, 9.17) is 4.74 Å². The van der Waals surface area contributed by atoms with E-state index in [9.17, 15) is 4.79 Å². The number of ether oxygens (including phenoxy) is 1. The van der Waals surface area contributed by atoms with E-state index in [2.05, 4.69) is 5.32 Å². The summed E-state index contributed by atoms with van der Waals surface area (Å²) < 4.78 is 5.67. The fourth-order valence-electron chi connectivity index (χ4n) is 2.41. The van der Waals surface area contributed by atoms with Crippen molar-refractivity contribution < 1.29 is 9.53 Å². The number of hydrogen-bond acceptors (Lipinski definition) is 2. The van der Waals surface area contributed by atoms with E-state index in [0.29, 0.717) is 19.7 Å². The lowest BCUT2D eigenvalue weighted by Crippen LogP contribution is -2.40. The number of benzene rings is 2. The van der Waals surface area contributed by atoms with Gasteiger partial charge in [-0.05, 0) is 24.1 Å². The Morgan fingerprint density at radius 1 is 1.10 bits per heavy atom. The normalized spacial score (nSPS) is 13.8. The molecule has 108 valence electrons. The van der Waals surface area contributed by atoms with Crippen LogP contribution in [-0.4, -0.2) is 19.2 Å². The summed E-state index contributed by atoms with van der Waals surface area (Å²) in [6.45, 7) is 1.83. The Labute approximate surface area is 124 Å². The lowest BCUT2D eigenvalue weighted by atomic mass is 10.2. The zero-order valence-corrected chi connectivity index (χ0v) is 11.8. The molecule has 2 aromatic carbocycles. The van der Waals surface area contributed by atoms with Gasteiger partial charge in [0.25, 0.3) is 0 Å². The maximum absolute atomic E-state index is 12.4. The van der Waals surface area contributed by atoms with Crippen molar-refractivity contribution in [2.75, 3.05) is 18.1 Å². The van der Waals surface area contributed by atoms with E-state index < -0.39 is 0 Å². The third-order valence-corrected chi connectivity index (χ3v) is 3.47. The molecule has 0 unspecified atom stereocenters. The van der Waals surface area contributed by atoms with E-state index >= 15 is 0 Å². The van der Waals surface area contributed by atoms with Gasteiger partial charge in [-0.2, -0.15) is 0 Å². The SMILES string of the molecule is O=C(NCc1ccccc1)N1CCCOc2ccccc21. The number of urea groups is 1. The van der Waals surface area contributed by atoms with Crippen LogP contribution in [0.4, 0.5) is 10.5 Å². The molecule has 4 nitrogen and oxygen atoms in total. The molecule has 0 aromatic heterocycles. The number of nitrogens with zero attached hydrogens (tertiary/aromatic N) is 1. The molecule has 0 radical (unpaired) electrons. The second kappa shape index (κ2) is 6.31. The number of carbonyl (C=O) groups excluding carboxylic acids is 1. The van der Waals surface area contributed by atoms with Gasteiger partial charge in [0.1, 0.15) is 5.75 Å². The van der Waals surface area contributed by atoms with Crippen molar-refractivity contribution in [3.05, 3.63) is 60.2 Å². The van der Waals surface area contributed by atoms with Crippen molar-refractivity contribution >= 4 is 11.7 Å². The summed E-state index contributed by atoms with van der Waals surface area (Å²) >= 11 is 0. The van der Waals surface area contributed by atoms with Gasteiger partial charge in [-0.3, -0.25) is 4.90 Å². The van der Waals surface area contributed by atoms with Crippen LogP contribution in [-0.2, 0) is 6.54 Å². The highest BCUT2D eigenvalue weighted by atomic mass is 16.5. The molecule has 0 saturated heterocycles. The average Bonchev–Trinajstić information content (AvgIpc) is 2.76. The molecule has 3 rings (SSSR count). The van der Waals surface area contributed by atoms with Crippen molar-refractivity contribution in [3.63, 3.8) is 0 Å². The fraction of sp³-hybridized carbons (Fsp3) is 0.235. The van der Waals surface area contributed by atoms with Crippen LogP contribution in [0.5, 0.6) is 5.75 Å². The molecule has 2 aromatic rings. The molecule has 1 heterocycles. The molecule has 1 N–H and O–H groups in total. The molecule has 0 saturated carbocycles. The van der Waals surface area contributed by atoms with Crippen molar-refractivity contribution in [2.24, 2.45) is 0 Å². The summed E-state index contributed by atoms with van der Waals surface area (Å²) in [6, 6.07) is 17.5. The second-order valence-electron chi connectivity index (χ2n) is 4.97. The van der Waals surface area contributed by atoms with E-state index in [-0.39, 0.29) is 6.03 Å². The van der Waals surface area contributed by atoms with Gasteiger partial charge in [-0.15, -0.1) is 0 Å². The molecule has 2 amide bonds. The minimum absolute atomic E-state index is 0.0863. The number of carbonyl (C=O) groups is 1. The van der Waals surface area contributed by atoms with Gasteiger partial charge >= 0.3 is 6.03 Å². The van der Waals surface area contributed by atoms with Crippen LogP contribution in [0.25, 0.3) is 0 Å². The van der Waals surface area contributed by atoms with E-state index in [1.54, 1.807) is 4.90 Å². The monoisotopic (exact) mass is 282 g/mol. The van der Waals surface area contributed by atoms with Crippen LogP contribution >= 0.6 is 0 Å². The summed E-state index contributed by atoms with van der Waals surface area (Å²) in [5.41, 5.74) is 1.92. The van der Waals surface area contributed by atoms with E-state index in [0.717, 1.165) is 23.4 Å². The predicted molar refractivity (Wildman–Crippen MR) is 82.6 cm³/mol. The first-order valence-corrected chi connectivity index (χ1v) is 7.16. The summed E-state index contributed by atoms with van der Waals surface area (Å²) in [4.78, 5) is 14.2. The summed E-state index contributed by atoms with van der Waals surface area (Å²) in [5.74, 6) is 0.768. The average molecular weight is 282 g/mol. The van der Waals surface area contributed by atoms with Crippen molar-refractivity contribution in [3.8, 4) is 5.75 Å². The largest absolute Gasteiger partial charge is 0.491 e. The molecule has 1 aliphatic rings. The molecule has 4 heteroatoms. The molecule has 0 bridgehead atoms. The molecule has 0 atom stereocenters. The van der Waals surface area contributed by atoms with Gasteiger partial charge in [0.15, 0.2) is 0 Å². The molecular formula is C17H18N2O2. The minimum Gasteiger partial charge on any atom is -0.491 e. The highest BCUT2D eigenvalue weighted by Crippen LogP contribution is 2.30. The number of anilines is 1. The zero-order valence-electron chi connectivity index (χ0n) is 11.8. The summed E-state index contributed by atoms with van der Waals surface area (Å²) in [6.07, 6.45) is 0.827. The summed E-state index contributed by atoms with van der Waals surface area (Å²) in [7, 11) is 0. The number of hydrogen-bond donors (Lipinski definition) is 1. The number of amides is 2. The highest BCUT2D eigenvalue weighted by Gasteiger charge is 2.21. The first-order valence-electron chi connectivity index (χ1n) is 7.16. The second-order valence-corrected chi connectivity index (χ2v) is 4.97. The first-order chi connectivity index (χ1) is 10.3. The first kappa shape index (κ1) is 13.5. The lowest BCUT2D eigenvalue weighted by Gasteiger charge is -2.22. The van der Waals surface area contributed by atoms with Crippen LogP contribution in [0.3, 0.4) is 0 Å². The van der Waals surface area contributed by atoms with Gasteiger partial charge in [-0.25, -0.2) is 4.79 Å². The third kappa shape index (κ3) is 3.16. The quantitative estimate of drug-likeness (QED) is 0.919. The molecular weight excluding hydrogens is 264 g/mol. The standard InChI is InChI=1S/C17H18N2O2/c20-17(18-13-14-7-2-1-3-8-14)19-11-6-12-21-16-10-5-4-9-15(16)19/h1-5,7-10H,6,11-13H2,(H,18,20). The maximum atomic E-state index is 12.4. The molecule has 1 aliphatic heterocycles. The highest BCUT2D eigenvalue weighted by molar-refractivity contribution is 5.93. The molecule has 0 aliphatic carbocycles. The van der Waals surface area contributed by atoms with Gasteiger partial charge in [0, 0.05) is 13.1 Å². The zero-order chi connectivity index (χ0) is 14.5. The Morgan fingerprint density at radius 3 is 2.71 bits per heavy atom. The molecule has 21 heavy (non-hydrogen) atoms. The number of rotatable bonds is 2. The third-order valence-electron chi connectivity index (χ3n) is 3.47. The van der Waals surface area contributed by atoms with Crippen LogP contribution in [0.15, 0.2) is 54.6 Å². The molecule has 0 fully saturated rings. The van der Waals surface area contributed by atoms with Crippen LogP contribution in [0, 0.1) is 0 Å². The lowest BCUT2D eigenvalue weighted by molar-refractivity contribution is 0.246. The maximum Gasteiger partial charge on any atom is 0.322 e. The molecule has 0 spiro atoms. The van der Waals surface area contributed by atoms with Crippen molar-refractivity contribution in [1.82, 2.24) is 5.32 Å². The van der Waals surface area contributed by atoms with Crippen molar-refractivity contribution in [2.45, 2.75) is 13.0 Å². The van der Waals surface area contributed by atoms with E-state index in [1.165, 1.54) is 0 Å². The van der Waals surface area contributed by atoms with Crippen LogP contribution < -0.4 is 15.0 Å². The Balaban J connectivity index is 1.72. The smallest absolute Gasteiger partial charge is 0.322 e. The van der Waals surface area contributed by atoms with Gasteiger partial charge in [0.2, 0.25) is 0 Å². The Hall–Kier alpha value is -2.49. The number of fused-ring (bicyclic) bond motifs is 1. The van der Waals surface area contributed by atoms with Crippen molar-refractivity contribution in [1.29, 1.82) is 0 Å². The number of nitrogens with one attached hydrogen (secondary N) is 1. The Bertz CT molecular complexity index is 613. The number of para-hydroxylation sites is 2. The van der Waals surface area contributed by atoms with Gasteiger partial charge in [0.05, 0.1) is 12.3 Å². The van der Waals surface area contributed by atoms with Gasteiger partial charge in [-0.1, -0.05) is 42.5 Å². The van der Waals surface area contributed by atoms with Crippen LogP contribution in [0.1, 0.15) is 12.0 Å². The summed E-state index contributed by atoms with van der Waals surface area (Å²) in [5, 5.41) is 2.97. The van der Waals surface area contributed by atoms with Gasteiger partial charge < -0.3 is 10.1 Å². The minimum atomic E-state index is -0.0863. The fourth-order valence-corrected chi connectivity index (χ4v) is 2.41. The Kier molecular flexibility index (Phi) is 4.05. The topological polar surface area (TPSA) is 41.6 Å². The van der Waals surface area contributed by atoms with E-state index in [1.807, 2.05) is 54.6 Å². The Morgan fingerprint density at radius 2 is 1.86 bits per heavy atom. The van der Waals surface area contributed by atoms with Crippen LogP contribution in [0.2, 0.25) is 0 Å².